The molecule has 0 aliphatic rings. The summed E-state index contributed by atoms with van der Waals surface area (Å²) >= 11 is 0. The van der Waals surface area contributed by atoms with Crippen molar-refractivity contribution in [2.75, 3.05) is 5.32 Å². The van der Waals surface area contributed by atoms with Crippen LogP contribution < -0.4 is 5.32 Å². The molecule has 0 saturated carbocycles. The van der Waals surface area contributed by atoms with E-state index in [9.17, 15) is 22.8 Å². The Morgan fingerprint density at radius 2 is 1.43 bits per heavy atom. The maximum Gasteiger partial charge on any atom is 0.449 e. The van der Waals surface area contributed by atoms with E-state index in [1.807, 2.05) is 32.0 Å². The zero-order valence-electron chi connectivity index (χ0n) is 13.4. The maximum absolute atomic E-state index is 12.0. The molecule has 1 aromatic carbocycles. The highest BCUT2D eigenvalue weighted by Crippen LogP contribution is 2.20. The number of Topliss-reactive ketones (excluding diaryl/α,β-unsaturated/α-hetero) is 1. The van der Waals surface area contributed by atoms with E-state index in [4.69, 9.17) is 0 Å². The van der Waals surface area contributed by atoms with Crippen molar-refractivity contribution in [2.45, 2.75) is 58.5 Å². The second-order valence-electron chi connectivity index (χ2n) is 5.76. The van der Waals surface area contributed by atoms with Crippen molar-refractivity contribution in [3.05, 3.63) is 29.3 Å². The van der Waals surface area contributed by atoms with Crippen LogP contribution >= 0.6 is 0 Å². The molecule has 0 bridgehead atoms. The first-order valence-corrected chi connectivity index (χ1v) is 7.66. The summed E-state index contributed by atoms with van der Waals surface area (Å²) in [5, 5.41) is 2.81. The number of carbonyl (C=O) groups excluding carboxylic acids is 2. The summed E-state index contributed by atoms with van der Waals surface area (Å²) in [5.41, 5.74) is 2.88. The number of alkyl halides is 3. The highest BCUT2D eigenvalue weighted by atomic mass is 19.4. The molecule has 128 valence electrons. The molecule has 1 amide bonds. The van der Waals surface area contributed by atoms with E-state index in [0.29, 0.717) is 25.7 Å². The smallest absolute Gasteiger partial charge is 0.326 e. The Labute approximate surface area is 134 Å². The average molecular weight is 329 g/mol. The number of aryl methyl sites for hydroxylation is 2. The van der Waals surface area contributed by atoms with Gasteiger partial charge in [0, 0.05) is 18.5 Å². The monoisotopic (exact) mass is 329 g/mol. The zero-order valence-corrected chi connectivity index (χ0v) is 13.4. The third kappa shape index (κ3) is 7.81. The fourth-order valence-corrected chi connectivity index (χ4v) is 2.34. The van der Waals surface area contributed by atoms with Gasteiger partial charge < -0.3 is 5.32 Å². The van der Waals surface area contributed by atoms with Gasteiger partial charge in [-0.3, -0.25) is 9.59 Å². The van der Waals surface area contributed by atoms with E-state index >= 15 is 0 Å². The molecule has 0 aliphatic heterocycles. The first kappa shape index (κ1) is 19.2. The highest BCUT2D eigenvalue weighted by molar-refractivity contribution is 5.90. The molecule has 0 atom stereocenters. The molecule has 0 aliphatic carbocycles. The minimum atomic E-state index is -4.73. The van der Waals surface area contributed by atoms with Gasteiger partial charge in [0.2, 0.25) is 11.7 Å². The van der Waals surface area contributed by atoms with E-state index in [-0.39, 0.29) is 12.3 Å². The lowest BCUT2D eigenvalue weighted by Gasteiger charge is -2.08. The second kappa shape index (κ2) is 8.70. The Balaban J connectivity index is 2.18. The summed E-state index contributed by atoms with van der Waals surface area (Å²) in [5.74, 6) is -1.79. The fraction of sp³-hybridized carbons (Fsp3) is 0.529. The number of nitrogens with one attached hydrogen (secondary N) is 1. The first-order chi connectivity index (χ1) is 10.7. The van der Waals surface area contributed by atoms with E-state index in [2.05, 4.69) is 5.32 Å². The lowest BCUT2D eigenvalue weighted by Crippen LogP contribution is -2.22. The number of ketones is 1. The summed E-state index contributed by atoms with van der Waals surface area (Å²) in [4.78, 5) is 22.5. The van der Waals surface area contributed by atoms with Crippen LogP contribution in [0.2, 0.25) is 0 Å². The normalized spacial score (nSPS) is 11.3. The van der Waals surface area contributed by atoms with Gasteiger partial charge in [0.15, 0.2) is 0 Å². The topological polar surface area (TPSA) is 46.2 Å². The second-order valence-corrected chi connectivity index (χ2v) is 5.76. The summed E-state index contributed by atoms with van der Waals surface area (Å²) in [7, 11) is 0. The van der Waals surface area contributed by atoms with Crippen LogP contribution in [0.25, 0.3) is 0 Å². The van der Waals surface area contributed by atoms with Crippen LogP contribution in [0.3, 0.4) is 0 Å². The molecule has 3 nitrogen and oxygen atoms in total. The van der Waals surface area contributed by atoms with Crippen molar-refractivity contribution in [3.8, 4) is 0 Å². The number of carbonyl (C=O) groups is 2. The van der Waals surface area contributed by atoms with Crippen LogP contribution in [0.5, 0.6) is 0 Å². The van der Waals surface area contributed by atoms with Crippen LogP contribution in [-0.2, 0) is 9.59 Å². The van der Waals surface area contributed by atoms with Crippen molar-refractivity contribution in [1.29, 1.82) is 0 Å². The first-order valence-electron chi connectivity index (χ1n) is 7.66. The molecule has 1 N–H and O–H groups in total. The Kier molecular flexibility index (Phi) is 7.26. The Bertz CT molecular complexity index is 533. The third-order valence-electron chi connectivity index (χ3n) is 3.38. The number of hydrogen-bond acceptors (Lipinski definition) is 2. The summed E-state index contributed by atoms with van der Waals surface area (Å²) in [6, 6.07) is 5.78. The average Bonchev–Trinajstić information content (AvgIpc) is 2.40. The third-order valence-corrected chi connectivity index (χ3v) is 3.38. The van der Waals surface area contributed by atoms with E-state index in [0.717, 1.165) is 16.8 Å². The molecular weight excluding hydrogens is 307 g/mol. The van der Waals surface area contributed by atoms with Gasteiger partial charge in [-0.25, -0.2) is 0 Å². The molecule has 1 rings (SSSR count). The lowest BCUT2D eigenvalue weighted by atomic mass is 10.1. The standard InChI is InChI=1S/C17H22F3NO2/c1-12-9-13(2)11-14(10-12)21-16(23)8-6-4-3-5-7-15(22)17(18,19)20/h9-11H,3-8H2,1-2H3,(H,21,23). The molecule has 0 aromatic heterocycles. The van der Waals surface area contributed by atoms with Crippen LogP contribution in [0.15, 0.2) is 18.2 Å². The largest absolute Gasteiger partial charge is 0.449 e. The number of amides is 1. The van der Waals surface area contributed by atoms with Gasteiger partial charge in [-0.15, -0.1) is 0 Å². The number of unbranched alkanes of at least 4 members (excludes halogenated alkanes) is 3. The van der Waals surface area contributed by atoms with Gasteiger partial charge in [-0.05, 0) is 49.9 Å². The van der Waals surface area contributed by atoms with Gasteiger partial charge in [0.1, 0.15) is 0 Å². The fourth-order valence-electron chi connectivity index (χ4n) is 2.34. The van der Waals surface area contributed by atoms with Crippen LogP contribution in [0.1, 0.15) is 49.7 Å². The van der Waals surface area contributed by atoms with Gasteiger partial charge in [-0.2, -0.15) is 13.2 Å². The van der Waals surface area contributed by atoms with Gasteiger partial charge in [0.05, 0.1) is 0 Å². The van der Waals surface area contributed by atoms with Gasteiger partial charge in [-0.1, -0.05) is 18.9 Å². The van der Waals surface area contributed by atoms with Crippen molar-refractivity contribution >= 4 is 17.4 Å². The molecule has 0 heterocycles. The molecule has 0 saturated heterocycles. The summed E-state index contributed by atoms with van der Waals surface area (Å²) in [6.07, 6.45) is -2.94. The number of hydrogen-bond donors (Lipinski definition) is 1. The SMILES string of the molecule is Cc1cc(C)cc(NC(=O)CCCCCCC(=O)C(F)(F)F)c1. The number of anilines is 1. The maximum atomic E-state index is 12.0. The Morgan fingerprint density at radius 1 is 0.913 bits per heavy atom. The minimum absolute atomic E-state index is 0.110. The predicted molar refractivity (Wildman–Crippen MR) is 83.3 cm³/mol. The molecule has 0 unspecified atom stereocenters. The molecule has 0 spiro atoms. The van der Waals surface area contributed by atoms with Crippen LogP contribution in [0.4, 0.5) is 18.9 Å². The van der Waals surface area contributed by atoms with E-state index in [1.165, 1.54) is 0 Å². The summed E-state index contributed by atoms with van der Waals surface area (Å²) < 4.78 is 36.0. The summed E-state index contributed by atoms with van der Waals surface area (Å²) in [6.45, 7) is 3.90. The van der Waals surface area contributed by atoms with Crippen LogP contribution in [-0.4, -0.2) is 17.9 Å². The number of halogens is 3. The Hall–Kier alpha value is -1.85. The number of rotatable bonds is 8. The highest BCUT2D eigenvalue weighted by Gasteiger charge is 2.36. The number of benzene rings is 1. The molecule has 23 heavy (non-hydrogen) atoms. The predicted octanol–water partition coefficient (Wildman–Crippen LogP) is 4.71. The molecule has 6 heteroatoms. The molecule has 1 aromatic rings. The van der Waals surface area contributed by atoms with Crippen molar-refractivity contribution in [2.24, 2.45) is 0 Å². The van der Waals surface area contributed by atoms with Crippen molar-refractivity contribution in [1.82, 2.24) is 0 Å². The van der Waals surface area contributed by atoms with Gasteiger partial charge >= 0.3 is 6.18 Å². The van der Waals surface area contributed by atoms with E-state index in [1.54, 1.807) is 0 Å². The van der Waals surface area contributed by atoms with Crippen molar-refractivity contribution < 1.29 is 22.8 Å². The van der Waals surface area contributed by atoms with Crippen molar-refractivity contribution in [3.63, 3.8) is 0 Å². The molecule has 0 radical (unpaired) electrons. The van der Waals surface area contributed by atoms with Gasteiger partial charge in [0.25, 0.3) is 0 Å². The zero-order chi connectivity index (χ0) is 17.5. The minimum Gasteiger partial charge on any atom is -0.326 e. The lowest BCUT2D eigenvalue weighted by molar-refractivity contribution is -0.171. The Morgan fingerprint density at radius 3 is 1.96 bits per heavy atom. The molecular formula is C17H22F3NO2. The van der Waals surface area contributed by atoms with Crippen LogP contribution in [0, 0.1) is 13.8 Å². The van der Waals surface area contributed by atoms with E-state index < -0.39 is 18.4 Å². The quantitative estimate of drug-likeness (QED) is 0.702. The molecule has 0 fully saturated rings.